The van der Waals surface area contributed by atoms with Crippen LogP contribution in [0.1, 0.15) is 17.5 Å². The largest absolute Gasteiger partial charge is 0.360 e. The molecular weight excluding hydrogens is 234 g/mol. The first-order valence-corrected chi connectivity index (χ1v) is 6.69. The van der Waals surface area contributed by atoms with Gasteiger partial charge in [0.25, 0.3) is 0 Å². The summed E-state index contributed by atoms with van der Waals surface area (Å²) in [6, 6.07) is 14.7. The predicted molar refractivity (Wildman–Crippen MR) is 80.2 cm³/mol. The second kappa shape index (κ2) is 6.90. The zero-order valence-electron chi connectivity index (χ0n) is 11.4. The highest BCUT2D eigenvalue weighted by Gasteiger charge is 2.02. The van der Waals surface area contributed by atoms with Crippen LogP contribution in [-0.2, 0) is 13.0 Å². The van der Waals surface area contributed by atoms with E-state index in [4.69, 9.17) is 5.73 Å². The maximum absolute atomic E-state index is 5.57. The Morgan fingerprint density at radius 1 is 1.05 bits per heavy atom. The molecule has 3 heteroatoms. The van der Waals surface area contributed by atoms with E-state index >= 15 is 0 Å². The van der Waals surface area contributed by atoms with E-state index in [9.17, 15) is 0 Å². The molecule has 0 saturated carbocycles. The Balaban J connectivity index is 1.82. The van der Waals surface area contributed by atoms with E-state index in [2.05, 4.69) is 47.3 Å². The van der Waals surface area contributed by atoms with Crippen molar-refractivity contribution in [3.05, 3.63) is 59.8 Å². The number of pyridine rings is 1. The summed E-state index contributed by atoms with van der Waals surface area (Å²) in [5.41, 5.74) is 8.03. The number of hydrogen-bond acceptors (Lipinski definition) is 3. The molecule has 0 amide bonds. The van der Waals surface area contributed by atoms with E-state index < -0.39 is 0 Å². The molecule has 2 rings (SSSR count). The molecule has 2 N–H and O–H groups in total. The minimum Gasteiger partial charge on any atom is -0.360 e. The van der Waals surface area contributed by atoms with Crippen LogP contribution in [0.5, 0.6) is 0 Å². The molecule has 0 atom stereocenters. The Labute approximate surface area is 115 Å². The van der Waals surface area contributed by atoms with Crippen LogP contribution in [0, 0.1) is 0 Å². The van der Waals surface area contributed by atoms with Crippen molar-refractivity contribution in [3.8, 4) is 0 Å². The van der Waals surface area contributed by atoms with Crippen molar-refractivity contribution in [2.75, 3.05) is 18.5 Å². The van der Waals surface area contributed by atoms with Gasteiger partial charge in [-0.05, 0) is 30.0 Å². The summed E-state index contributed by atoms with van der Waals surface area (Å²) < 4.78 is 0. The van der Waals surface area contributed by atoms with Gasteiger partial charge in [0.15, 0.2) is 0 Å². The minimum atomic E-state index is 0.547. The maximum Gasteiger partial charge on any atom is 0.128 e. The van der Waals surface area contributed by atoms with Crippen LogP contribution in [0.3, 0.4) is 0 Å². The van der Waals surface area contributed by atoms with E-state index in [1.165, 1.54) is 5.56 Å². The molecule has 3 nitrogen and oxygen atoms in total. The van der Waals surface area contributed by atoms with Crippen molar-refractivity contribution >= 4 is 5.82 Å². The van der Waals surface area contributed by atoms with Gasteiger partial charge in [0.2, 0.25) is 0 Å². The lowest BCUT2D eigenvalue weighted by atomic mass is 10.1. The van der Waals surface area contributed by atoms with Crippen molar-refractivity contribution in [2.45, 2.75) is 19.4 Å². The Hall–Kier alpha value is -1.87. The average Bonchev–Trinajstić information content (AvgIpc) is 2.48. The van der Waals surface area contributed by atoms with E-state index in [0.717, 1.165) is 30.8 Å². The van der Waals surface area contributed by atoms with Gasteiger partial charge in [-0.15, -0.1) is 0 Å². The summed E-state index contributed by atoms with van der Waals surface area (Å²) in [7, 11) is 2.08. The molecule has 100 valence electrons. The third-order valence-corrected chi connectivity index (χ3v) is 3.24. The number of hydrogen-bond donors (Lipinski definition) is 1. The van der Waals surface area contributed by atoms with Crippen LogP contribution >= 0.6 is 0 Å². The highest BCUT2D eigenvalue weighted by Crippen LogP contribution is 2.11. The first kappa shape index (κ1) is 13.6. The van der Waals surface area contributed by atoms with Gasteiger partial charge in [-0.1, -0.05) is 36.4 Å². The van der Waals surface area contributed by atoms with Crippen molar-refractivity contribution in [3.63, 3.8) is 0 Å². The van der Waals surface area contributed by atoms with Gasteiger partial charge in [-0.3, -0.25) is 0 Å². The third kappa shape index (κ3) is 4.07. The topological polar surface area (TPSA) is 42.1 Å². The van der Waals surface area contributed by atoms with Gasteiger partial charge in [0.1, 0.15) is 5.82 Å². The Morgan fingerprint density at radius 3 is 2.47 bits per heavy atom. The first-order valence-electron chi connectivity index (χ1n) is 6.69. The third-order valence-electron chi connectivity index (χ3n) is 3.24. The lowest BCUT2D eigenvalue weighted by Gasteiger charge is -2.18. The van der Waals surface area contributed by atoms with Crippen LogP contribution in [0.2, 0.25) is 0 Å². The second-order valence-electron chi connectivity index (χ2n) is 4.74. The average molecular weight is 255 g/mol. The quantitative estimate of drug-likeness (QED) is 0.862. The van der Waals surface area contributed by atoms with Gasteiger partial charge < -0.3 is 10.6 Å². The molecular formula is C16H21N3. The molecule has 0 bridgehead atoms. The minimum absolute atomic E-state index is 0.547. The van der Waals surface area contributed by atoms with Crippen LogP contribution in [-0.4, -0.2) is 18.6 Å². The van der Waals surface area contributed by atoms with Crippen LogP contribution in [0.4, 0.5) is 5.82 Å². The van der Waals surface area contributed by atoms with Crippen LogP contribution in [0.15, 0.2) is 48.7 Å². The number of rotatable bonds is 6. The normalized spacial score (nSPS) is 10.4. The number of nitrogens with two attached hydrogens (primary N) is 1. The van der Waals surface area contributed by atoms with E-state index in [0.29, 0.717) is 6.54 Å². The van der Waals surface area contributed by atoms with Gasteiger partial charge in [-0.25, -0.2) is 4.98 Å². The fourth-order valence-electron chi connectivity index (χ4n) is 2.04. The lowest BCUT2D eigenvalue weighted by Crippen LogP contribution is -2.20. The fourth-order valence-corrected chi connectivity index (χ4v) is 2.04. The van der Waals surface area contributed by atoms with Gasteiger partial charge in [-0.2, -0.15) is 0 Å². The number of benzene rings is 1. The molecule has 0 saturated heterocycles. The smallest absolute Gasteiger partial charge is 0.128 e. The Kier molecular flexibility index (Phi) is 4.93. The SMILES string of the molecule is CN(CCCc1ccccc1)c1ccc(CN)cn1. The van der Waals surface area contributed by atoms with Crippen molar-refractivity contribution in [1.82, 2.24) is 4.98 Å². The van der Waals surface area contributed by atoms with Crippen molar-refractivity contribution in [1.29, 1.82) is 0 Å². The predicted octanol–water partition coefficient (Wildman–Crippen LogP) is 2.61. The molecule has 0 aliphatic carbocycles. The highest BCUT2D eigenvalue weighted by molar-refractivity contribution is 5.38. The first-order chi connectivity index (χ1) is 9.29. The monoisotopic (exact) mass is 255 g/mol. The second-order valence-corrected chi connectivity index (χ2v) is 4.74. The number of aromatic nitrogens is 1. The van der Waals surface area contributed by atoms with Crippen LogP contribution in [0.25, 0.3) is 0 Å². The number of nitrogens with zero attached hydrogens (tertiary/aromatic N) is 2. The van der Waals surface area contributed by atoms with Gasteiger partial charge in [0, 0.05) is 26.3 Å². The van der Waals surface area contributed by atoms with Crippen LogP contribution < -0.4 is 10.6 Å². The lowest BCUT2D eigenvalue weighted by molar-refractivity contribution is 0.776. The molecule has 1 aromatic carbocycles. The zero-order valence-corrected chi connectivity index (χ0v) is 11.4. The van der Waals surface area contributed by atoms with Crippen molar-refractivity contribution in [2.24, 2.45) is 5.73 Å². The Morgan fingerprint density at radius 2 is 1.84 bits per heavy atom. The molecule has 0 aliphatic heterocycles. The summed E-state index contributed by atoms with van der Waals surface area (Å²) in [4.78, 5) is 6.60. The molecule has 0 spiro atoms. The van der Waals surface area contributed by atoms with Gasteiger partial charge >= 0.3 is 0 Å². The summed E-state index contributed by atoms with van der Waals surface area (Å²) in [6.07, 6.45) is 4.08. The van der Waals surface area contributed by atoms with E-state index in [1.807, 2.05) is 18.3 Å². The summed E-state index contributed by atoms with van der Waals surface area (Å²) >= 11 is 0. The summed E-state index contributed by atoms with van der Waals surface area (Å²) in [5, 5.41) is 0. The van der Waals surface area contributed by atoms with E-state index in [-0.39, 0.29) is 0 Å². The number of anilines is 1. The fraction of sp³-hybridized carbons (Fsp3) is 0.312. The molecule has 1 heterocycles. The molecule has 0 fully saturated rings. The molecule has 2 aromatic rings. The maximum atomic E-state index is 5.57. The molecule has 1 aromatic heterocycles. The van der Waals surface area contributed by atoms with E-state index in [1.54, 1.807) is 0 Å². The molecule has 0 radical (unpaired) electrons. The summed E-state index contributed by atoms with van der Waals surface area (Å²) in [6.45, 7) is 1.55. The highest BCUT2D eigenvalue weighted by atomic mass is 15.2. The van der Waals surface area contributed by atoms with Crippen molar-refractivity contribution < 1.29 is 0 Å². The molecule has 0 aliphatic rings. The van der Waals surface area contributed by atoms with Gasteiger partial charge in [0.05, 0.1) is 0 Å². The molecule has 19 heavy (non-hydrogen) atoms. The molecule has 0 unspecified atom stereocenters. The summed E-state index contributed by atoms with van der Waals surface area (Å²) in [5.74, 6) is 1.00. The standard InChI is InChI=1S/C16H21N3/c1-19(16-10-9-15(12-17)13-18-16)11-5-8-14-6-3-2-4-7-14/h2-4,6-7,9-10,13H,5,8,11-12,17H2,1H3. The Bertz CT molecular complexity index is 479. The zero-order chi connectivity index (χ0) is 13.5. The number of aryl methyl sites for hydroxylation is 1.